The average molecular weight is 391 g/mol. The van der Waals surface area contributed by atoms with Crippen LogP contribution < -0.4 is 10.6 Å². The molecule has 0 spiro atoms. The third kappa shape index (κ3) is 7.30. The van der Waals surface area contributed by atoms with Gasteiger partial charge < -0.3 is 10.6 Å². The second kappa shape index (κ2) is 9.85. The highest BCUT2D eigenvalue weighted by atomic mass is 32.2. The van der Waals surface area contributed by atoms with Crippen molar-refractivity contribution in [3.63, 3.8) is 0 Å². The van der Waals surface area contributed by atoms with Crippen molar-refractivity contribution in [3.8, 4) is 5.69 Å². The monoisotopic (exact) mass is 390 g/mol. The number of nitrogens with one attached hydrogen (secondary N) is 2. The van der Waals surface area contributed by atoms with Crippen LogP contribution in [0.2, 0.25) is 0 Å². The van der Waals surface area contributed by atoms with Crippen LogP contribution in [-0.2, 0) is 4.79 Å². The van der Waals surface area contributed by atoms with Gasteiger partial charge in [0, 0.05) is 12.1 Å². The first-order valence-electron chi connectivity index (χ1n) is 9.29. The van der Waals surface area contributed by atoms with Crippen LogP contribution in [0.4, 0.5) is 0 Å². The Balaban J connectivity index is 1.80. The summed E-state index contributed by atoms with van der Waals surface area (Å²) in [4.78, 5) is 12.0. The van der Waals surface area contributed by atoms with Crippen LogP contribution in [0.3, 0.4) is 0 Å². The lowest BCUT2D eigenvalue weighted by Gasteiger charge is -2.20. The quantitative estimate of drug-likeness (QED) is 0.506. The average Bonchev–Trinajstić information content (AvgIpc) is 3.07. The topological polar surface area (TPSA) is 84.7 Å². The Morgan fingerprint density at radius 2 is 1.89 bits per heavy atom. The Hall–Kier alpha value is -1.93. The van der Waals surface area contributed by atoms with Crippen LogP contribution in [-0.4, -0.2) is 50.5 Å². The fourth-order valence-corrected chi connectivity index (χ4v) is 3.11. The summed E-state index contributed by atoms with van der Waals surface area (Å²) in [6.45, 7) is 12.2. The van der Waals surface area contributed by atoms with Gasteiger partial charge >= 0.3 is 0 Å². The largest absolute Gasteiger partial charge is 0.355 e. The van der Waals surface area contributed by atoms with Crippen LogP contribution in [0.5, 0.6) is 0 Å². The zero-order chi connectivity index (χ0) is 19.9. The maximum absolute atomic E-state index is 12.0. The number of carbonyl (C=O) groups excluding carboxylic acids is 1. The second-order valence-electron chi connectivity index (χ2n) is 7.79. The minimum atomic E-state index is -0.0135. The minimum absolute atomic E-state index is 0.0135. The molecule has 8 heteroatoms. The smallest absolute Gasteiger partial charge is 0.230 e. The van der Waals surface area contributed by atoms with Gasteiger partial charge in [0.05, 0.1) is 11.4 Å². The van der Waals surface area contributed by atoms with Gasteiger partial charge in [-0.25, -0.2) is 0 Å². The van der Waals surface area contributed by atoms with Gasteiger partial charge in [-0.15, -0.1) is 5.10 Å². The van der Waals surface area contributed by atoms with Gasteiger partial charge in [0.15, 0.2) is 0 Å². The molecule has 0 atom stereocenters. The summed E-state index contributed by atoms with van der Waals surface area (Å²) in [5, 5.41) is 18.8. The lowest BCUT2D eigenvalue weighted by atomic mass is 10.0. The van der Waals surface area contributed by atoms with Crippen molar-refractivity contribution in [2.75, 3.05) is 18.8 Å². The Kier molecular flexibility index (Phi) is 7.79. The molecule has 0 fully saturated rings. The minimum Gasteiger partial charge on any atom is -0.355 e. The molecule has 1 aromatic carbocycles. The number of thioether (sulfide) groups is 1. The van der Waals surface area contributed by atoms with Gasteiger partial charge in [0.1, 0.15) is 0 Å². The predicted molar refractivity (Wildman–Crippen MR) is 109 cm³/mol. The first-order valence-corrected chi connectivity index (χ1v) is 10.3. The van der Waals surface area contributed by atoms with Crippen molar-refractivity contribution in [2.24, 2.45) is 0 Å². The Bertz CT molecular complexity index is 721. The number of hydrogen-bond donors (Lipinski definition) is 2. The predicted octanol–water partition coefficient (Wildman–Crippen LogP) is 2.77. The van der Waals surface area contributed by atoms with Gasteiger partial charge in [0.2, 0.25) is 11.1 Å². The Morgan fingerprint density at radius 3 is 2.52 bits per heavy atom. The maximum atomic E-state index is 12.0. The second-order valence-corrected chi connectivity index (χ2v) is 8.73. The molecule has 0 radical (unpaired) electrons. The number of benzene rings is 1. The molecule has 2 rings (SSSR count). The fraction of sp³-hybridized carbons (Fsp3) is 0.579. The summed E-state index contributed by atoms with van der Waals surface area (Å²) in [5.41, 5.74) is 2.26. The third-order valence-corrected chi connectivity index (χ3v) is 4.83. The lowest BCUT2D eigenvalue weighted by Crippen LogP contribution is -2.38. The van der Waals surface area contributed by atoms with Crippen LogP contribution in [0.25, 0.3) is 5.69 Å². The number of carbonyl (C=O) groups is 1. The van der Waals surface area contributed by atoms with E-state index >= 15 is 0 Å². The summed E-state index contributed by atoms with van der Waals surface area (Å²) in [6, 6.07) is 8.15. The fourth-order valence-electron chi connectivity index (χ4n) is 2.39. The number of amides is 1. The molecular weight excluding hydrogens is 360 g/mol. The molecule has 1 aromatic heterocycles. The van der Waals surface area contributed by atoms with E-state index in [1.807, 2.05) is 12.1 Å². The highest BCUT2D eigenvalue weighted by molar-refractivity contribution is 7.99. The molecule has 0 aliphatic heterocycles. The van der Waals surface area contributed by atoms with Gasteiger partial charge in [-0.2, -0.15) is 4.68 Å². The van der Waals surface area contributed by atoms with E-state index in [0.29, 0.717) is 17.6 Å². The van der Waals surface area contributed by atoms with Gasteiger partial charge in [0.25, 0.3) is 0 Å². The van der Waals surface area contributed by atoms with E-state index in [-0.39, 0.29) is 17.2 Å². The molecule has 0 aliphatic rings. The van der Waals surface area contributed by atoms with Gasteiger partial charge in [-0.1, -0.05) is 37.7 Å². The molecule has 0 unspecified atom stereocenters. The van der Waals surface area contributed by atoms with Crippen LogP contribution in [0.15, 0.2) is 29.4 Å². The standard InChI is InChI=1S/C19H30N6OS/c1-14(2)15-7-9-16(10-8-15)25-18(22-23-24-25)27-13-17(26)20-11-6-12-21-19(3,4)5/h7-10,14,21H,6,11-13H2,1-5H3,(H,20,26). The van der Waals surface area contributed by atoms with Crippen molar-refractivity contribution in [1.82, 2.24) is 30.8 Å². The molecule has 0 saturated heterocycles. The summed E-state index contributed by atoms with van der Waals surface area (Å²) in [6.07, 6.45) is 0.896. The highest BCUT2D eigenvalue weighted by Gasteiger charge is 2.12. The SMILES string of the molecule is CC(C)c1ccc(-n2nnnc2SCC(=O)NCCCNC(C)(C)C)cc1. The molecule has 0 aliphatic carbocycles. The molecule has 2 N–H and O–H groups in total. The molecular formula is C19H30N6OS. The third-order valence-electron chi connectivity index (χ3n) is 3.91. The molecule has 1 amide bonds. The maximum Gasteiger partial charge on any atom is 0.230 e. The van der Waals surface area contributed by atoms with Crippen LogP contribution >= 0.6 is 11.8 Å². The number of aromatic nitrogens is 4. The molecule has 27 heavy (non-hydrogen) atoms. The van der Waals surface area contributed by atoms with Crippen LogP contribution in [0, 0.1) is 0 Å². The van der Waals surface area contributed by atoms with Gasteiger partial charge in [-0.3, -0.25) is 4.79 Å². The van der Waals surface area contributed by atoms with Crippen molar-refractivity contribution in [2.45, 2.75) is 57.7 Å². The van der Waals surface area contributed by atoms with E-state index in [4.69, 9.17) is 0 Å². The molecule has 0 bridgehead atoms. The highest BCUT2D eigenvalue weighted by Crippen LogP contribution is 2.20. The van der Waals surface area contributed by atoms with Crippen LogP contribution in [0.1, 0.15) is 52.5 Å². The zero-order valence-corrected chi connectivity index (χ0v) is 17.6. The van der Waals surface area contributed by atoms with E-state index in [1.54, 1.807) is 4.68 Å². The Morgan fingerprint density at radius 1 is 1.19 bits per heavy atom. The van der Waals surface area contributed by atoms with Gasteiger partial charge in [-0.05, 0) is 67.8 Å². The summed E-state index contributed by atoms with van der Waals surface area (Å²) < 4.78 is 1.66. The summed E-state index contributed by atoms with van der Waals surface area (Å²) >= 11 is 1.33. The molecule has 2 aromatic rings. The van der Waals surface area contributed by atoms with Crippen molar-refractivity contribution in [3.05, 3.63) is 29.8 Å². The first kappa shape index (κ1) is 21.4. The van der Waals surface area contributed by atoms with Crippen molar-refractivity contribution >= 4 is 17.7 Å². The first-order chi connectivity index (χ1) is 12.8. The Labute approximate surface area is 165 Å². The van der Waals surface area contributed by atoms with E-state index in [9.17, 15) is 4.79 Å². The van der Waals surface area contributed by atoms with E-state index < -0.39 is 0 Å². The molecule has 1 heterocycles. The van der Waals surface area contributed by atoms with E-state index in [2.05, 4.69) is 72.9 Å². The van der Waals surface area contributed by atoms with Crippen molar-refractivity contribution < 1.29 is 4.79 Å². The van der Waals surface area contributed by atoms with E-state index in [0.717, 1.165) is 18.7 Å². The summed E-state index contributed by atoms with van der Waals surface area (Å²) in [5.74, 6) is 0.751. The lowest BCUT2D eigenvalue weighted by molar-refractivity contribution is -0.118. The molecule has 0 saturated carbocycles. The number of tetrazole rings is 1. The van der Waals surface area contributed by atoms with E-state index in [1.165, 1.54) is 17.3 Å². The molecule has 148 valence electrons. The molecule has 7 nitrogen and oxygen atoms in total. The normalized spacial score (nSPS) is 11.8. The zero-order valence-electron chi connectivity index (χ0n) is 16.8. The van der Waals surface area contributed by atoms with Crippen molar-refractivity contribution in [1.29, 1.82) is 0 Å². The summed E-state index contributed by atoms with van der Waals surface area (Å²) in [7, 11) is 0. The number of hydrogen-bond acceptors (Lipinski definition) is 6. The number of rotatable bonds is 9. The number of nitrogens with zero attached hydrogens (tertiary/aromatic N) is 4.